The highest BCUT2D eigenvalue weighted by molar-refractivity contribution is 8.01. The lowest BCUT2D eigenvalue weighted by molar-refractivity contribution is -0.139. The largest absolute Gasteiger partial charge is 0.481 e. The number of nitrogens with zero attached hydrogens (tertiary/aromatic N) is 1. The van der Waals surface area contributed by atoms with E-state index < -0.39 is 5.97 Å². The number of carbonyl (C=O) groups is 2. The van der Waals surface area contributed by atoms with Crippen molar-refractivity contribution in [3.8, 4) is 0 Å². The summed E-state index contributed by atoms with van der Waals surface area (Å²) in [4.78, 5) is 24.9. The van der Waals surface area contributed by atoms with Crippen molar-refractivity contribution in [2.24, 2.45) is 0 Å². The number of thiophene rings is 1. The number of piperidine rings is 1. The molecule has 1 aliphatic rings. The number of rotatable bonds is 6. The maximum Gasteiger partial charge on any atom is 0.303 e. The smallest absolute Gasteiger partial charge is 0.303 e. The van der Waals surface area contributed by atoms with Gasteiger partial charge in [0.05, 0.1) is 9.96 Å². The van der Waals surface area contributed by atoms with Crippen molar-refractivity contribution in [1.82, 2.24) is 4.90 Å². The van der Waals surface area contributed by atoms with E-state index in [-0.39, 0.29) is 18.4 Å². The van der Waals surface area contributed by atoms with Gasteiger partial charge in [0.2, 0.25) is 5.91 Å². The number of thioether (sulfide) groups is 1. The second-order valence-corrected chi connectivity index (χ2v) is 7.11. The lowest BCUT2D eigenvalue weighted by Gasteiger charge is -2.35. The molecule has 1 fully saturated rings. The summed E-state index contributed by atoms with van der Waals surface area (Å²) in [7, 11) is 0. The van der Waals surface area contributed by atoms with E-state index in [4.69, 9.17) is 5.11 Å². The molecule has 4 nitrogen and oxygen atoms in total. The summed E-state index contributed by atoms with van der Waals surface area (Å²) in [5.41, 5.74) is 0. The van der Waals surface area contributed by atoms with E-state index in [1.54, 1.807) is 23.1 Å². The highest BCUT2D eigenvalue weighted by Gasteiger charge is 2.26. The van der Waals surface area contributed by atoms with Gasteiger partial charge in [-0.15, -0.1) is 23.1 Å². The lowest BCUT2D eigenvalue weighted by atomic mass is 9.98. The third-order valence-corrected chi connectivity index (χ3v) is 5.59. The average Bonchev–Trinajstić information content (AvgIpc) is 2.96. The van der Waals surface area contributed by atoms with Crippen LogP contribution in [0.4, 0.5) is 0 Å². The van der Waals surface area contributed by atoms with Crippen molar-refractivity contribution in [2.75, 3.05) is 12.3 Å². The van der Waals surface area contributed by atoms with E-state index in [9.17, 15) is 9.59 Å². The molecule has 20 heavy (non-hydrogen) atoms. The van der Waals surface area contributed by atoms with Crippen molar-refractivity contribution in [3.05, 3.63) is 17.5 Å². The topological polar surface area (TPSA) is 57.6 Å². The molecular formula is C14H19NO3S2. The van der Waals surface area contributed by atoms with Gasteiger partial charge in [0.15, 0.2) is 0 Å². The number of carboxylic acids is 1. The van der Waals surface area contributed by atoms with Crippen molar-refractivity contribution in [2.45, 2.75) is 42.4 Å². The van der Waals surface area contributed by atoms with Gasteiger partial charge in [-0.25, -0.2) is 0 Å². The molecule has 1 saturated heterocycles. The number of hydrogen-bond donors (Lipinski definition) is 1. The van der Waals surface area contributed by atoms with Gasteiger partial charge < -0.3 is 10.0 Å². The van der Waals surface area contributed by atoms with E-state index in [1.807, 2.05) is 22.4 Å². The minimum absolute atomic E-state index is 0.108. The zero-order valence-corrected chi connectivity index (χ0v) is 12.9. The number of amides is 1. The predicted molar refractivity (Wildman–Crippen MR) is 81.3 cm³/mol. The van der Waals surface area contributed by atoms with Crippen LogP contribution in [0.15, 0.2) is 21.7 Å². The first-order valence-corrected chi connectivity index (χ1v) is 8.71. The van der Waals surface area contributed by atoms with Crippen LogP contribution >= 0.6 is 23.1 Å². The molecule has 0 saturated carbocycles. The fraction of sp³-hybridized carbons (Fsp3) is 0.571. The molecule has 1 atom stereocenters. The Labute approximate surface area is 127 Å². The van der Waals surface area contributed by atoms with Gasteiger partial charge in [-0.05, 0) is 37.1 Å². The summed E-state index contributed by atoms with van der Waals surface area (Å²) in [6.45, 7) is 0.772. The molecule has 1 aliphatic heterocycles. The minimum Gasteiger partial charge on any atom is -0.481 e. The zero-order valence-electron chi connectivity index (χ0n) is 11.3. The van der Waals surface area contributed by atoms with Crippen molar-refractivity contribution in [3.63, 3.8) is 0 Å². The number of hydrogen-bond acceptors (Lipinski definition) is 4. The van der Waals surface area contributed by atoms with Gasteiger partial charge >= 0.3 is 5.97 Å². The zero-order chi connectivity index (χ0) is 14.4. The van der Waals surface area contributed by atoms with Crippen LogP contribution in [0.25, 0.3) is 0 Å². The molecule has 1 aromatic rings. The number of carboxylic acid groups (broad SMARTS) is 1. The SMILES string of the molecule is O=C(O)CCC1CCCCN1C(=O)CSc1cccs1. The first-order chi connectivity index (χ1) is 9.66. The molecule has 0 radical (unpaired) electrons. The van der Waals surface area contributed by atoms with E-state index in [1.165, 1.54) is 0 Å². The minimum atomic E-state index is -0.782. The molecule has 0 aromatic carbocycles. The molecule has 0 aliphatic carbocycles. The number of likely N-dealkylation sites (tertiary alicyclic amines) is 1. The summed E-state index contributed by atoms with van der Waals surface area (Å²) in [6, 6.07) is 4.10. The molecule has 1 N–H and O–H groups in total. The van der Waals surface area contributed by atoms with Crippen molar-refractivity contribution >= 4 is 35.0 Å². The van der Waals surface area contributed by atoms with Crippen LogP contribution in [0.5, 0.6) is 0 Å². The Kier molecular flexibility index (Phi) is 5.91. The quantitative estimate of drug-likeness (QED) is 0.820. The lowest BCUT2D eigenvalue weighted by Crippen LogP contribution is -2.44. The first kappa shape index (κ1) is 15.4. The van der Waals surface area contributed by atoms with Crippen molar-refractivity contribution < 1.29 is 14.7 Å². The molecule has 0 bridgehead atoms. The van der Waals surface area contributed by atoms with Crippen molar-refractivity contribution in [1.29, 1.82) is 0 Å². The maximum absolute atomic E-state index is 12.3. The van der Waals surface area contributed by atoms with Crippen LogP contribution in [0, 0.1) is 0 Å². The normalized spacial score (nSPS) is 19.0. The Morgan fingerprint density at radius 1 is 1.45 bits per heavy atom. The Balaban J connectivity index is 1.86. The van der Waals surface area contributed by atoms with Gasteiger partial charge in [0.25, 0.3) is 0 Å². The first-order valence-electron chi connectivity index (χ1n) is 6.84. The molecule has 2 heterocycles. The fourth-order valence-electron chi connectivity index (χ4n) is 2.48. The molecule has 1 aromatic heterocycles. The molecular weight excluding hydrogens is 294 g/mol. The third kappa shape index (κ3) is 4.52. The highest BCUT2D eigenvalue weighted by atomic mass is 32.2. The van der Waals surface area contributed by atoms with Gasteiger partial charge in [0, 0.05) is 19.0 Å². The Morgan fingerprint density at radius 3 is 3.00 bits per heavy atom. The van der Waals surface area contributed by atoms with Crippen LogP contribution in [-0.4, -0.2) is 40.2 Å². The summed E-state index contributed by atoms with van der Waals surface area (Å²) in [5, 5.41) is 10.8. The summed E-state index contributed by atoms with van der Waals surface area (Å²) in [5.74, 6) is -0.196. The van der Waals surface area contributed by atoms with Crippen LogP contribution in [0.2, 0.25) is 0 Å². The second-order valence-electron chi connectivity index (χ2n) is 4.89. The molecule has 1 amide bonds. The van der Waals surface area contributed by atoms with E-state index in [0.29, 0.717) is 12.2 Å². The van der Waals surface area contributed by atoms with Crippen LogP contribution in [0.3, 0.4) is 0 Å². The second kappa shape index (κ2) is 7.69. The third-order valence-electron chi connectivity index (χ3n) is 3.47. The van der Waals surface area contributed by atoms with Gasteiger partial charge in [-0.2, -0.15) is 0 Å². The van der Waals surface area contributed by atoms with Crippen LogP contribution < -0.4 is 0 Å². The molecule has 1 unspecified atom stereocenters. The molecule has 2 rings (SSSR count). The van der Waals surface area contributed by atoms with Gasteiger partial charge in [-0.1, -0.05) is 6.07 Å². The monoisotopic (exact) mass is 313 g/mol. The summed E-state index contributed by atoms with van der Waals surface area (Å²) >= 11 is 3.21. The molecule has 110 valence electrons. The van der Waals surface area contributed by atoms with Crippen LogP contribution in [0.1, 0.15) is 32.1 Å². The summed E-state index contributed by atoms with van der Waals surface area (Å²) in [6.07, 6.45) is 3.77. The standard InChI is InChI=1S/C14H19NO3S2/c16-12(10-20-14-5-3-9-19-14)15-8-2-1-4-11(15)6-7-13(17)18/h3,5,9,11H,1-2,4,6-8,10H2,(H,17,18). The Bertz CT molecular complexity index is 447. The maximum atomic E-state index is 12.3. The fourth-order valence-corrected chi connectivity index (χ4v) is 4.15. The Morgan fingerprint density at radius 2 is 2.30 bits per heavy atom. The molecule has 6 heteroatoms. The number of carbonyl (C=O) groups excluding carboxylic acids is 1. The van der Waals surface area contributed by atoms with E-state index in [0.717, 1.165) is 30.0 Å². The number of aliphatic carboxylic acids is 1. The Hall–Kier alpha value is -1.01. The summed E-state index contributed by atoms with van der Waals surface area (Å²) < 4.78 is 1.15. The van der Waals surface area contributed by atoms with Crippen LogP contribution in [-0.2, 0) is 9.59 Å². The van der Waals surface area contributed by atoms with Gasteiger partial charge in [0.1, 0.15) is 0 Å². The molecule has 0 spiro atoms. The van der Waals surface area contributed by atoms with E-state index >= 15 is 0 Å². The van der Waals surface area contributed by atoms with E-state index in [2.05, 4.69) is 0 Å². The average molecular weight is 313 g/mol. The predicted octanol–water partition coefficient (Wildman–Crippen LogP) is 3.09. The van der Waals surface area contributed by atoms with Gasteiger partial charge in [-0.3, -0.25) is 9.59 Å². The highest BCUT2D eigenvalue weighted by Crippen LogP contribution is 2.26.